The van der Waals surface area contributed by atoms with E-state index >= 15 is 0 Å². The van der Waals surface area contributed by atoms with Crippen LogP contribution in [0.25, 0.3) is 0 Å². The number of rotatable bonds is 3. The number of anilines is 3. The molecule has 3 nitrogen and oxygen atoms in total. The van der Waals surface area contributed by atoms with Gasteiger partial charge in [-0.1, -0.05) is 0 Å². The second kappa shape index (κ2) is 5.27. The highest BCUT2D eigenvalue weighted by Gasteiger charge is 2.03. The summed E-state index contributed by atoms with van der Waals surface area (Å²) in [6.07, 6.45) is 0. The van der Waals surface area contributed by atoms with Crippen LogP contribution in [0.2, 0.25) is 0 Å². The quantitative estimate of drug-likeness (QED) is 0.845. The van der Waals surface area contributed by atoms with Crippen molar-refractivity contribution in [1.82, 2.24) is 0 Å². The van der Waals surface area contributed by atoms with E-state index in [2.05, 4.69) is 21.2 Å². The molecule has 0 amide bonds. The van der Waals surface area contributed by atoms with Crippen molar-refractivity contribution < 1.29 is 9.13 Å². The Hall–Kier alpha value is -1.75. The van der Waals surface area contributed by atoms with E-state index in [1.165, 1.54) is 12.1 Å². The van der Waals surface area contributed by atoms with Crippen LogP contribution in [0.1, 0.15) is 0 Å². The van der Waals surface area contributed by atoms with Crippen molar-refractivity contribution in [1.29, 1.82) is 0 Å². The van der Waals surface area contributed by atoms with Crippen LogP contribution < -0.4 is 15.8 Å². The summed E-state index contributed by atoms with van der Waals surface area (Å²) in [5, 5.41) is 3.08. The molecule has 5 heteroatoms. The number of hydrogen-bond donors (Lipinski definition) is 2. The van der Waals surface area contributed by atoms with Crippen molar-refractivity contribution in [2.24, 2.45) is 0 Å². The lowest BCUT2D eigenvalue weighted by molar-refractivity contribution is 0.412. The molecule has 2 rings (SSSR count). The standard InChI is InChI=1S/C13H12BrFN2O/c1-18-13-5-3-8(6-10(13)14)17-9-2-4-12(16)11(15)7-9/h2-7,17H,16H2,1H3. The van der Waals surface area contributed by atoms with Gasteiger partial charge in [0, 0.05) is 11.4 Å². The predicted octanol–water partition coefficient (Wildman–Crippen LogP) is 3.92. The topological polar surface area (TPSA) is 47.3 Å². The SMILES string of the molecule is COc1ccc(Nc2ccc(N)c(F)c2)cc1Br. The summed E-state index contributed by atoms with van der Waals surface area (Å²) >= 11 is 3.39. The molecule has 94 valence electrons. The Morgan fingerprint density at radius 3 is 2.44 bits per heavy atom. The minimum absolute atomic E-state index is 0.136. The Kier molecular flexibility index (Phi) is 3.72. The first-order valence-electron chi connectivity index (χ1n) is 5.26. The maximum atomic E-state index is 13.3. The predicted molar refractivity (Wildman–Crippen MR) is 74.8 cm³/mol. The normalized spacial score (nSPS) is 10.2. The second-order valence-electron chi connectivity index (χ2n) is 3.71. The molecular formula is C13H12BrFN2O. The average molecular weight is 311 g/mol. The highest BCUT2D eigenvalue weighted by atomic mass is 79.9. The second-order valence-corrected chi connectivity index (χ2v) is 4.56. The first kappa shape index (κ1) is 12.7. The Morgan fingerprint density at radius 1 is 1.17 bits per heavy atom. The van der Waals surface area contributed by atoms with Crippen molar-refractivity contribution in [3.8, 4) is 5.75 Å². The molecule has 0 fully saturated rings. The molecule has 0 aliphatic rings. The van der Waals surface area contributed by atoms with E-state index in [9.17, 15) is 4.39 Å². The summed E-state index contributed by atoms with van der Waals surface area (Å²) in [7, 11) is 1.60. The fraction of sp³-hybridized carbons (Fsp3) is 0.0769. The van der Waals surface area contributed by atoms with Crippen LogP contribution in [-0.2, 0) is 0 Å². The average Bonchev–Trinajstić information content (AvgIpc) is 2.34. The van der Waals surface area contributed by atoms with Gasteiger partial charge in [0.1, 0.15) is 11.6 Å². The molecule has 0 saturated heterocycles. The van der Waals surface area contributed by atoms with E-state index in [0.717, 1.165) is 15.9 Å². The number of nitrogens with one attached hydrogen (secondary N) is 1. The summed E-state index contributed by atoms with van der Waals surface area (Å²) in [6, 6.07) is 10.1. The molecular weight excluding hydrogens is 299 g/mol. The fourth-order valence-corrected chi connectivity index (χ4v) is 2.06. The lowest BCUT2D eigenvalue weighted by Crippen LogP contribution is -1.95. The molecule has 0 spiro atoms. The monoisotopic (exact) mass is 310 g/mol. The van der Waals surface area contributed by atoms with Gasteiger partial charge in [-0.2, -0.15) is 0 Å². The number of ether oxygens (including phenoxy) is 1. The van der Waals surface area contributed by atoms with Crippen LogP contribution in [0.5, 0.6) is 5.75 Å². The first-order valence-corrected chi connectivity index (χ1v) is 6.05. The third-order valence-corrected chi connectivity index (χ3v) is 3.06. The van der Waals surface area contributed by atoms with Crippen LogP contribution >= 0.6 is 15.9 Å². The number of benzene rings is 2. The molecule has 0 aliphatic carbocycles. The molecule has 0 saturated carbocycles. The molecule has 0 heterocycles. The summed E-state index contributed by atoms with van der Waals surface area (Å²) in [5.74, 6) is 0.302. The van der Waals surface area contributed by atoms with Gasteiger partial charge < -0.3 is 15.8 Å². The third kappa shape index (κ3) is 2.73. The molecule has 0 radical (unpaired) electrons. The summed E-state index contributed by atoms with van der Waals surface area (Å²) in [4.78, 5) is 0. The minimum Gasteiger partial charge on any atom is -0.496 e. The lowest BCUT2D eigenvalue weighted by atomic mass is 10.2. The Morgan fingerprint density at radius 2 is 1.83 bits per heavy atom. The minimum atomic E-state index is -0.437. The van der Waals surface area contributed by atoms with Gasteiger partial charge in [-0.05, 0) is 52.3 Å². The number of hydrogen-bond acceptors (Lipinski definition) is 3. The highest BCUT2D eigenvalue weighted by molar-refractivity contribution is 9.10. The number of methoxy groups -OCH3 is 1. The molecule has 0 aliphatic heterocycles. The van der Waals surface area contributed by atoms with Gasteiger partial charge >= 0.3 is 0 Å². The molecule has 0 bridgehead atoms. The van der Waals surface area contributed by atoms with Gasteiger partial charge in [0.25, 0.3) is 0 Å². The van der Waals surface area contributed by atoms with Crippen molar-refractivity contribution >= 4 is 33.0 Å². The molecule has 3 N–H and O–H groups in total. The third-order valence-electron chi connectivity index (χ3n) is 2.44. The zero-order valence-corrected chi connectivity index (χ0v) is 11.3. The number of nitrogens with two attached hydrogens (primary N) is 1. The molecule has 0 atom stereocenters. The van der Waals surface area contributed by atoms with Gasteiger partial charge in [0.2, 0.25) is 0 Å². The first-order chi connectivity index (χ1) is 8.60. The molecule has 0 aromatic heterocycles. The van der Waals surface area contributed by atoms with E-state index in [1.54, 1.807) is 13.2 Å². The van der Waals surface area contributed by atoms with Crippen molar-refractivity contribution in [2.75, 3.05) is 18.2 Å². The van der Waals surface area contributed by atoms with E-state index in [1.807, 2.05) is 18.2 Å². The summed E-state index contributed by atoms with van der Waals surface area (Å²) < 4.78 is 19.2. The molecule has 2 aromatic rings. The zero-order chi connectivity index (χ0) is 13.1. The smallest absolute Gasteiger partial charge is 0.148 e. The van der Waals surface area contributed by atoms with E-state index in [0.29, 0.717) is 5.69 Å². The van der Waals surface area contributed by atoms with Gasteiger partial charge in [-0.15, -0.1) is 0 Å². The van der Waals surface area contributed by atoms with Crippen LogP contribution in [-0.4, -0.2) is 7.11 Å². The Bertz CT molecular complexity index is 575. The van der Waals surface area contributed by atoms with Crippen molar-refractivity contribution in [3.63, 3.8) is 0 Å². The zero-order valence-electron chi connectivity index (χ0n) is 9.71. The van der Waals surface area contributed by atoms with Gasteiger partial charge in [-0.25, -0.2) is 4.39 Å². The summed E-state index contributed by atoms with van der Waals surface area (Å²) in [5.41, 5.74) is 7.02. The van der Waals surface area contributed by atoms with E-state index in [4.69, 9.17) is 10.5 Å². The Balaban J connectivity index is 2.23. The van der Waals surface area contributed by atoms with Gasteiger partial charge in [-0.3, -0.25) is 0 Å². The molecule has 0 unspecified atom stereocenters. The van der Waals surface area contributed by atoms with E-state index in [-0.39, 0.29) is 5.69 Å². The van der Waals surface area contributed by atoms with Crippen LogP contribution in [0, 0.1) is 5.82 Å². The maximum absolute atomic E-state index is 13.3. The van der Waals surface area contributed by atoms with Crippen LogP contribution in [0.15, 0.2) is 40.9 Å². The van der Waals surface area contributed by atoms with Crippen LogP contribution in [0.3, 0.4) is 0 Å². The van der Waals surface area contributed by atoms with Crippen molar-refractivity contribution in [2.45, 2.75) is 0 Å². The number of nitrogen functional groups attached to an aromatic ring is 1. The van der Waals surface area contributed by atoms with Gasteiger partial charge in [0.15, 0.2) is 0 Å². The maximum Gasteiger partial charge on any atom is 0.148 e. The largest absolute Gasteiger partial charge is 0.496 e. The molecule has 18 heavy (non-hydrogen) atoms. The number of halogens is 2. The van der Waals surface area contributed by atoms with Crippen LogP contribution in [0.4, 0.5) is 21.5 Å². The van der Waals surface area contributed by atoms with Crippen molar-refractivity contribution in [3.05, 3.63) is 46.7 Å². The Labute approximate surface area is 113 Å². The molecule has 2 aromatic carbocycles. The van der Waals surface area contributed by atoms with E-state index < -0.39 is 5.82 Å². The fourth-order valence-electron chi connectivity index (χ4n) is 1.52. The lowest BCUT2D eigenvalue weighted by Gasteiger charge is -2.09. The highest BCUT2D eigenvalue weighted by Crippen LogP contribution is 2.29. The summed E-state index contributed by atoms with van der Waals surface area (Å²) in [6.45, 7) is 0. The van der Waals surface area contributed by atoms with Gasteiger partial charge in [0.05, 0.1) is 17.3 Å².